The second kappa shape index (κ2) is 5.02. The van der Waals surface area contributed by atoms with Crippen LogP contribution in [0.2, 0.25) is 0 Å². The van der Waals surface area contributed by atoms with Gasteiger partial charge < -0.3 is 9.73 Å². The van der Waals surface area contributed by atoms with Crippen molar-refractivity contribution in [3.05, 3.63) is 35.6 Å². The number of carbonyl (C=O) groups is 1. The molecule has 102 valence electrons. The van der Waals surface area contributed by atoms with Gasteiger partial charge in [-0.2, -0.15) is 0 Å². The van der Waals surface area contributed by atoms with E-state index in [1.54, 1.807) is 12.1 Å². The van der Waals surface area contributed by atoms with E-state index in [4.69, 9.17) is 9.56 Å². The molecule has 0 aliphatic rings. The molecule has 0 bridgehead atoms. The molecule has 0 fully saturated rings. The quantitative estimate of drug-likeness (QED) is 0.864. The van der Waals surface area contributed by atoms with Crippen LogP contribution in [0.4, 0.5) is 0 Å². The minimum Gasteiger partial charge on any atom is -0.451 e. The number of amides is 1. The van der Waals surface area contributed by atoms with Gasteiger partial charge in [0.2, 0.25) is 10.0 Å². The molecule has 1 aromatic carbocycles. The van der Waals surface area contributed by atoms with Crippen molar-refractivity contribution in [2.45, 2.75) is 6.92 Å². The molecule has 3 N–H and O–H groups in total. The number of primary sulfonamides is 1. The number of carbonyl (C=O) groups excluding carboxylic acids is 1. The van der Waals surface area contributed by atoms with Crippen LogP contribution in [-0.2, 0) is 10.0 Å². The lowest BCUT2D eigenvalue weighted by Gasteiger charge is -2.00. The number of benzene rings is 1. The summed E-state index contributed by atoms with van der Waals surface area (Å²) in [5.41, 5.74) is 1.68. The van der Waals surface area contributed by atoms with Crippen LogP contribution in [0.1, 0.15) is 16.1 Å². The molecule has 0 spiro atoms. The summed E-state index contributed by atoms with van der Waals surface area (Å²) in [5.74, 6) is -0.620. The Kier molecular flexibility index (Phi) is 3.59. The molecule has 1 amide bonds. The number of furan rings is 1. The smallest absolute Gasteiger partial charge is 0.287 e. The first-order valence-electron chi connectivity index (χ1n) is 5.64. The predicted molar refractivity (Wildman–Crippen MR) is 71.3 cm³/mol. The molecule has 1 heterocycles. The monoisotopic (exact) mass is 282 g/mol. The molecule has 2 aromatic rings. The van der Waals surface area contributed by atoms with Crippen molar-refractivity contribution in [2.75, 3.05) is 12.3 Å². The Morgan fingerprint density at radius 1 is 1.37 bits per heavy atom. The fraction of sp³-hybridized carbons (Fsp3) is 0.250. The van der Waals surface area contributed by atoms with Crippen LogP contribution in [0, 0.1) is 6.92 Å². The van der Waals surface area contributed by atoms with Crippen LogP contribution >= 0.6 is 0 Å². The molecule has 0 radical (unpaired) electrons. The summed E-state index contributed by atoms with van der Waals surface area (Å²) in [7, 11) is -3.58. The summed E-state index contributed by atoms with van der Waals surface area (Å²) in [5, 5.41) is 8.11. The molecule has 0 saturated heterocycles. The topological polar surface area (TPSA) is 102 Å². The van der Waals surface area contributed by atoms with Crippen molar-refractivity contribution in [1.29, 1.82) is 0 Å². The second-order valence-corrected chi connectivity index (χ2v) is 6.01. The number of fused-ring (bicyclic) bond motifs is 1. The molecule has 6 nitrogen and oxygen atoms in total. The fourth-order valence-corrected chi connectivity index (χ4v) is 2.06. The molecule has 0 aliphatic carbocycles. The Morgan fingerprint density at radius 3 is 2.79 bits per heavy atom. The SMILES string of the molecule is Cc1ccc2oc(C(=O)NCCS(N)(=O)=O)cc2c1. The maximum Gasteiger partial charge on any atom is 0.287 e. The Balaban J connectivity index is 2.09. The van der Waals surface area contributed by atoms with Gasteiger partial charge in [0.25, 0.3) is 5.91 Å². The van der Waals surface area contributed by atoms with Crippen LogP contribution in [0.15, 0.2) is 28.7 Å². The first kappa shape index (κ1) is 13.6. The number of hydrogen-bond donors (Lipinski definition) is 2. The highest BCUT2D eigenvalue weighted by Gasteiger charge is 2.12. The molecule has 19 heavy (non-hydrogen) atoms. The summed E-state index contributed by atoms with van der Waals surface area (Å²) in [6.45, 7) is 1.89. The number of nitrogens with one attached hydrogen (secondary N) is 1. The van der Waals surface area contributed by atoms with E-state index in [0.29, 0.717) is 5.58 Å². The van der Waals surface area contributed by atoms with E-state index in [-0.39, 0.29) is 18.1 Å². The average molecular weight is 282 g/mol. The van der Waals surface area contributed by atoms with Gasteiger partial charge in [-0.3, -0.25) is 4.79 Å². The molecule has 0 atom stereocenters. The number of rotatable bonds is 4. The Labute approximate surface area is 110 Å². The van der Waals surface area contributed by atoms with Gasteiger partial charge in [-0.15, -0.1) is 0 Å². The van der Waals surface area contributed by atoms with Crippen LogP contribution in [0.5, 0.6) is 0 Å². The summed E-state index contributed by atoms with van der Waals surface area (Å²) < 4.78 is 26.8. The van der Waals surface area contributed by atoms with Crippen molar-refractivity contribution in [3.8, 4) is 0 Å². The summed E-state index contributed by atoms with van der Waals surface area (Å²) in [6.07, 6.45) is 0. The number of nitrogens with two attached hydrogens (primary N) is 1. The standard InChI is InChI=1S/C12H14N2O4S/c1-8-2-3-10-9(6-8)7-11(18-10)12(15)14-4-5-19(13,16)17/h2-3,6-7H,4-5H2,1H3,(H,14,15)(H2,13,16,17). The van der Waals surface area contributed by atoms with E-state index in [0.717, 1.165) is 10.9 Å². The summed E-state index contributed by atoms with van der Waals surface area (Å²) in [4.78, 5) is 11.7. The first-order valence-corrected chi connectivity index (χ1v) is 7.35. The number of aryl methyl sites for hydroxylation is 1. The van der Waals surface area contributed by atoms with E-state index in [1.807, 2.05) is 19.1 Å². The van der Waals surface area contributed by atoms with Gasteiger partial charge in [0, 0.05) is 11.9 Å². The Bertz CT molecular complexity index is 718. The molecule has 7 heteroatoms. The molecule has 0 aliphatic heterocycles. The van der Waals surface area contributed by atoms with Gasteiger partial charge in [0.15, 0.2) is 5.76 Å². The van der Waals surface area contributed by atoms with Crippen molar-refractivity contribution in [1.82, 2.24) is 5.32 Å². The van der Waals surface area contributed by atoms with E-state index in [2.05, 4.69) is 5.32 Å². The zero-order valence-electron chi connectivity index (χ0n) is 10.3. The van der Waals surface area contributed by atoms with E-state index < -0.39 is 15.9 Å². The van der Waals surface area contributed by atoms with Crippen molar-refractivity contribution >= 4 is 26.9 Å². The highest BCUT2D eigenvalue weighted by molar-refractivity contribution is 7.89. The Morgan fingerprint density at radius 2 is 2.11 bits per heavy atom. The van der Waals surface area contributed by atoms with Crippen LogP contribution < -0.4 is 10.5 Å². The summed E-state index contributed by atoms with van der Waals surface area (Å²) in [6, 6.07) is 7.19. The van der Waals surface area contributed by atoms with E-state index in [9.17, 15) is 13.2 Å². The van der Waals surface area contributed by atoms with Gasteiger partial charge in [-0.05, 0) is 25.1 Å². The minimum atomic E-state index is -3.58. The maximum absolute atomic E-state index is 11.7. The lowest BCUT2D eigenvalue weighted by Crippen LogP contribution is -2.31. The minimum absolute atomic E-state index is 0.0479. The van der Waals surface area contributed by atoms with Gasteiger partial charge in [-0.25, -0.2) is 13.6 Å². The van der Waals surface area contributed by atoms with Crippen LogP contribution in [0.3, 0.4) is 0 Å². The highest BCUT2D eigenvalue weighted by Crippen LogP contribution is 2.20. The molecule has 2 rings (SSSR count). The first-order chi connectivity index (χ1) is 8.85. The van der Waals surface area contributed by atoms with Crippen LogP contribution in [0.25, 0.3) is 11.0 Å². The van der Waals surface area contributed by atoms with Gasteiger partial charge >= 0.3 is 0 Å². The fourth-order valence-electron chi connectivity index (χ4n) is 1.67. The number of sulfonamides is 1. The predicted octanol–water partition coefficient (Wildman–Crippen LogP) is 0.760. The third kappa shape index (κ3) is 3.55. The van der Waals surface area contributed by atoms with Crippen LogP contribution in [-0.4, -0.2) is 26.6 Å². The zero-order chi connectivity index (χ0) is 14.0. The summed E-state index contributed by atoms with van der Waals surface area (Å²) >= 11 is 0. The van der Waals surface area contributed by atoms with E-state index in [1.165, 1.54) is 0 Å². The van der Waals surface area contributed by atoms with Gasteiger partial charge in [0.05, 0.1) is 5.75 Å². The third-order valence-corrected chi connectivity index (χ3v) is 3.34. The average Bonchev–Trinajstić information content (AvgIpc) is 2.70. The molecular weight excluding hydrogens is 268 g/mol. The normalized spacial score (nSPS) is 11.7. The largest absolute Gasteiger partial charge is 0.451 e. The highest BCUT2D eigenvalue weighted by atomic mass is 32.2. The van der Waals surface area contributed by atoms with Crippen molar-refractivity contribution < 1.29 is 17.6 Å². The second-order valence-electron chi connectivity index (χ2n) is 4.27. The Hall–Kier alpha value is -1.86. The van der Waals surface area contributed by atoms with Crippen molar-refractivity contribution in [2.24, 2.45) is 5.14 Å². The molecule has 1 aromatic heterocycles. The van der Waals surface area contributed by atoms with Crippen molar-refractivity contribution in [3.63, 3.8) is 0 Å². The molecule has 0 saturated carbocycles. The van der Waals surface area contributed by atoms with Gasteiger partial charge in [-0.1, -0.05) is 11.6 Å². The molecule has 0 unspecified atom stereocenters. The zero-order valence-corrected chi connectivity index (χ0v) is 11.2. The third-order valence-electron chi connectivity index (χ3n) is 2.57. The lowest BCUT2D eigenvalue weighted by molar-refractivity contribution is 0.0930. The van der Waals surface area contributed by atoms with Gasteiger partial charge in [0.1, 0.15) is 5.58 Å². The lowest BCUT2D eigenvalue weighted by atomic mass is 10.2. The molecular formula is C12H14N2O4S. The van der Waals surface area contributed by atoms with E-state index >= 15 is 0 Å². The maximum atomic E-state index is 11.7. The number of hydrogen-bond acceptors (Lipinski definition) is 4.